The van der Waals surface area contributed by atoms with Crippen LogP contribution in [0.2, 0.25) is 0 Å². The van der Waals surface area contributed by atoms with Crippen molar-refractivity contribution in [2.24, 2.45) is 5.73 Å². The smallest absolute Gasteiger partial charge is 0.197 e. The lowest BCUT2D eigenvalue weighted by Crippen LogP contribution is -2.53. The minimum absolute atomic E-state index is 0.0369. The fourth-order valence-corrected chi connectivity index (χ4v) is 3.68. The lowest BCUT2D eigenvalue weighted by Gasteiger charge is -2.41. The number of nitrogens with zero attached hydrogens (tertiary/aromatic N) is 1. The predicted molar refractivity (Wildman–Crippen MR) is 104 cm³/mol. The molecule has 2 aromatic carbocycles. The van der Waals surface area contributed by atoms with Crippen molar-refractivity contribution in [3.63, 3.8) is 0 Å². The number of carbonyl (C=O) groups excluding carboxylic acids is 1. The number of nitrogens with two attached hydrogens (primary N) is 1. The van der Waals surface area contributed by atoms with E-state index in [1.165, 1.54) is 0 Å². The van der Waals surface area contributed by atoms with Crippen LogP contribution in [0, 0.1) is 0 Å². The standard InChI is InChI=1S/C22H27FN2O2/c23-19(21(26)18-9-5-2-6-10-18)15-20(24)25-13-11-22(27,12-14-25)16-17-7-3-1-4-8-17/h1-10,19-20,27H,11-16,24H2. The molecule has 0 bridgehead atoms. The molecule has 0 aliphatic carbocycles. The topological polar surface area (TPSA) is 66.6 Å². The van der Waals surface area contributed by atoms with Crippen LogP contribution in [0.25, 0.3) is 0 Å². The second-order valence-corrected chi connectivity index (χ2v) is 7.42. The average Bonchev–Trinajstić information content (AvgIpc) is 2.69. The Labute approximate surface area is 159 Å². The first kappa shape index (κ1) is 19.7. The van der Waals surface area contributed by atoms with Crippen LogP contribution in [0.5, 0.6) is 0 Å². The lowest BCUT2D eigenvalue weighted by atomic mass is 9.85. The molecule has 5 heteroatoms. The Morgan fingerprint density at radius 3 is 2.22 bits per heavy atom. The molecule has 2 atom stereocenters. The van der Waals surface area contributed by atoms with Gasteiger partial charge in [-0.25, -0.2) is 4.39 Å². The third-order valence-electron chi connectivity index (χ3n) is 5.37. The van der Waals surface area contributed by atoms with Crippen molar-refractivity contribution in [2.75, 3.05) is 13.1 Å². The van der Waals surface area contributed by atoms with Crippen molar-refractivity contribution in [1.29, 1.82) is 0 Å². The number of ketones is 1. The molecule has 1 aliphatic rings. The van der Waals surface area contributed by atoms with Crippen molar-refractivity contribution in [3.05, 3.63) is 71.8 Å². The van der Waals surface area contributed by atoms with Gasteiger partial charge in [0.2, 0.25) is 0 Å². The molecule has 0 amide bonds. The van der Waals surface area contributed by atoms with E-state index < -0.39 is 23.7 Å². The van der Waals surface area contributed by atoms with E-state index in [1.807, 2.05) is 35.2 Å². The monoisotopic (exact) mass is 370 g/mol. The third-order valence-corrected chi connectivity index (χ3v) is 5.37. The van der Waals surface area contributed by atoms with Crippen molar-refractivity contribution in [2.45, 2.75) is 43.6 Å². The number of carbonyl (C=O) groups is 1. The zero-order valence-corrected chi connectivity index (χ0v) is 15.4. The molecule has 4 nitrogen and oxygen atoms in total. The summed E-state index contributed by atoms with van der Waals surface area (Å²) in [4.78, 5) is 14.1. The molecule has 2 unspecified atom stereocenters. The highest BCUT2D eigenvalue weighted by Crippen LogP contribution is 2.27. The van der Waals surface area contributed by atoms with E-state index in [1.54, 1.807) is 30.3 Å². The summed E-state index contributed by atoms with van der Waals surface area (Å²) in [5.41, 5.74) is 6.88. The highest BCUT2D eigenvalue weighted by atomic mass is 19.1. The first-order valence-corrected chi connectivity index (χ1v) is 9.46. The lowest BCUT2D eigenvalue weighted by molar-refractivity contribution is -0.0323. The highest BCUT2D eigenvalue weighted by molar-refractivity contribution is 5.99. The zero-order chi connectivity index (χ0) is 19.3. The number of piperidine rings is 1. The molecular weight excluding hydrogens is 343 g/mol. The second kappa shape index (κ2) is 8.74. The second-order valence-electron chi connectivity index (χ2n) is 7.42. The maximum atomic E-state index is 14.4. The summed E-state index contributed by atoms with van der Waals surface area (Å²) in [5, 5.41) is 10.8. The maximum absolute atomic E-state index is 14.4. The molecule has 1 saturated heterocycles. The number of hydrogen-bond donors (Lipinski definition) is 2. The summed E-state index contributed by atoms with van der Waals surface area (Å²) in [6.45, 7) is 1.19. The number of rotatable bonds is 7. The quantitative estimate of drug-likeness (QED) is 0.736. The SMILES string of the molecule is NC(CC(F)C(=O)c1ccccc1)N1CCC(O)(Cc2ccccc2)CC1. The summed E-state index contributed by atoms with van der Waals surface area (Å²) in [5.74, 6) is -0.524. The maximum Gasteiger partial charge on any atom is 0.197 e. The van der Waals surface area contributed by atoms with E-state index in [2.05, 4.69) is 0 Å². The molecule has 0 saturated carbocycles. The van der Waals surface area contributed by atoms with Gasteiger partial charge in [-0.2, -0.15) is 0 Å². The van der Waals surface area contributed by atoms with Crippen molar-refractivity contribution < 1.29 is 14.3 Å². The fraction of sp³-hybridized carbons (Fsp3) is 0.409. The third kappa shape index (κ3) is 5.22. The summed E-state index contributed by atoms with van der Waals surface area (Å²) < 4.78 is 14.4. The molecule has 0 spiro atoms. The molecule has 2 aromatic rings. The van der Waals surface area contributed by atoms with Gasteiger partial charge in [-0.3, -0.25) is 9.69 Å². The van der Waals surface area contributed by atoms with E-state index in [-0.39, 0.29) is 6.42 Å². The van der Waals surface area contributed by atoms with Gasteiger partial charge in [-0.1, -0.05) is 60.7 Å². The first-order valence-electron chi connectivity index (χ1n) is 9.46. The van der Waals surface area contributed by atoms with E-state index in [4.69, 9.17) is 5.73 Å². The zero-order valence-electron chi connectivity index (χ0n) is 15.4. The van der Waals surface area contributed by atoms with Gasteiger partial charge in [0.1, 0.15) is 0 Å². The number of aliphatic hydroxyl groups is 1. The largest absolute Gasteiger partial charge is 0.389 e. The normalized spacial score (nSPS) is 19.4. The van der Waals surface area contributed by atoms with Crippen molar-refractivity contribution in [1.82, 2.24) is 4.90 Å². The summed E-state index contributed by atoms with van der Waals surface area (Å²) in [6.07, 6.45) is -0.417. The Morgan fingerprint density at radius 2 is 1.63 bits per heavy atom. The highest BCUT2D eigenvalue weighted by Gasteiger charge is 2.35. The van der Waals surface area contributed by atoms with Gasteiger partial charge >= 0.3 is 0 Å². The molecule has 1 aliphatic heterocycles. The average molecular weight is 370 g/mol. The van der Waals surface area contributed by atoms with E-state index in [9.17, 15) is 14.3 Å². The number of alkyl halides is 1. The summed E-state index contributed by atoms with van der Waals surface area (Å²) in [7, 11) is 0. The van der Waals surface area contributed by atoms with E-state index in [0.717, 1.165) is 5.56 Å². The Hall–Kier alpha value is -2.08. The number of likely N-dealkylation sites (tertiary alicyclic amines) is 1. The molecule has 1 heterocycles. The van der Waals surface area contributed by atoms with Crippen LogP contribution in [0.4, 0.5) is 4.39 Å². The van der Waals surface area contributed by atoms with Crippen LogP contribution >= 0.6 is 0 Å². The Balaban J connectivity index is 1.51. The van der Waals surface area contributed by atoms with Gasteiger partial charge < -0.3 is 10.8 Å². The minimum Gasteiger partial charge on any atom is -0.389 e. The van der Waals surface area contributed by atoms with Crippen LogP contribution < -0.4 is 5.73 Å². The molecule has 0 radical (unpaired) electrons. The molecule has 3 N–H and O–H groups in total. The van der Waals surface area contributed by atoms with Gasteiger partial charge in [0.05, 0.1) is 11.8 Å². The number of halogens is 1. The van der Waals surface area contributed by atoms with E-state index >= 15 is 0 Å². The molecule has 144 valence electrons. The van der Waals surface area contributed by atoms with Gasteiger partial charge in [-0.05, 0) is 18.4 Å². The minimum atomic E-state index is -1.62. The predicted octanol–water partition coefficient (Wildman–Crippen LogP) is 2.95. The van der Waals surface area contributed by atoms with Crippen molar-refractivity contribution >= 4 is 5.78 Å². The number of benzene rings is 2. The van der Waals surface area contributed by atoms with Crippen LogP contribution in [0.15, 0.2) is 60.7 Å². The number of Topliss-reactive ketones (excluding diaryl/α,β-unsaturated/α-hetero) is 1. The van der Waals surface area contributed by atoms with Gasteiger partial charge in [-0.15, -0.1) is 0 Å². The fourth-order valence-electron chi connectivity index (χ4n) is 3.68. The molecule has 0 aromatic heterocycles. The Morgan fingerprint density at radius 1 is 1.07 bits per heavy atom. The molecule has 3 rings (SSSR count). The van der Waals surface area contributed by atoms with Crippen LogP contribution in [-0.4, -0.2) is 46.8 Å². The van der Waals surface area contributed by atoms with Gasteiger partial charge in [0, 0.05) is 31.5 Å². The number of hydrogen-bond acceptors (Lipinski definition) is 4. The van der Waals surface area contributed by atoms with Gasteiger partial charge in [0.25, 0.3) is 0 Å². The van der Waals surface area contributed by atoms with E-state index in [0.29, 0.717) is 37.9 Å². The Kier molecular flexibility index (Phi) is 6.37. The summed E-state index contributed by atoms with van der Waals surface area (Å²) >= 11 is 0. The molecule has 27 heavy (non-hydrogen) atoms. The molecule has 1 fully saturated rings. The van der Waals surface area contributed by atoms with Crippen molar-refractivity contribution in [3.8, 4) is 0 Å². The summed E-state index contributed by atoms with van der Waals surface area (Å²) in [6, 6.07) is 18.4. The first-order chi connectivity index (χ1) is 13.0. The van der Waals surface area contributed by atoms with Crippen LogP contribution in [0.1, 0.15) is 35.2 Å². The molecular formula is C22H27FN2O2. The van der Waals surface area contributed by atoms with Gasteiger partial charge in [0.15, 0.2) is 12.0 Å². The van der Waals surface area contributed by atoms with Crippen LogP contribution in [0.3, 0.4) is 0 Å². The van der Waals surface area contributed by atoms with Crippen LogP contribution in [-0.2, 0) is 6.42 Å². The Bertz CT molecular complexity index is 730.